The lowest BCUT2D eigenvalue weighted by Crippen LogP contribution is -2.44. The normalized spacial score (nSPS) is 17.4. The van der Waals surface area contributed by atoms with Gasteiger partial charge in [0.25, 0.3) is 11.8 Å². The number of carbonyl (C=O) groups excluding carboxylic acids is 4. The zero-order valence-corrected chi connectivity index (χ0v) is 16.5. The molecular formula is C22H23N3O5. The van der Waals surface area contributed by atoms with Gasteiger partial charge in [0.15, 0.2) is 6.61 Å². The number of hydrogen-bond donors (Lipinski definition) is 2. The molecule has 2 aromatic rings. The third-order valence-corrected chi connectivity index (χ3v) is 5.64. The van der Waals surface area contributed by atoms with Crippen molar-refractivity contribution in [3.8, 4) is 0 Å². The quantitative estimate of drug-likeness (QED) is 0.564. The van der Waals surface area contributed by atoms with Crippen LogP contribution in [-0.4, -0.2) is 47.4 Å². The highest BCUT2D eigenvalue weighted by molar-refractivity contribution is 6.07. The fourth-order valence-electron chi connectivity index (χ4n) is 4.08. The van der Waals surface area contributed by atoms with Crippen LogP contribution in [0.5, 0.6) is 0 Å². The molecule has 156 valence electrons. The molecule has 30 heavy (non-hydrogen) atoms. The Hall–Kier alpha value is -3.42. The molecule has 1 aliphatic heterocycles. The van der Waals surface area contributed by atoms with Crippen molar-refractivity contribution in [2.45, 2.75) is 37.6 Å². The number of benzene rings is 2. The van der Waals surface area contributed by atoms with E-state index in [-0.39, 0.29) is 18.9 Å². The molecule has 1 saturated heterocycles. The molecule has 8 heteroatoms. The molecule has 1 spiro atoms. The van der Waals surface area contributed by atoms with Gasteiger partial charge in [-0.15, -0.1) is 0 Å². The second-order valence-electron chi connectivity index (χ2n) is 7.70. The molecule has 0 unspecified atom stereocenters. The molecule has 2 fully saturated rings. The molecule has 0 aromatic heterocycles. The van der Waals surface area contributed by atoms with Crippen LogP contribution in [0.15, 0.2) is 42.5 Å². The van der Waals surface area contributed by atoms with E-state index in [0.29, 0.717) is 18.5 Å². The first-order valence-electron chi connectivity index (χ1n) is 10.1. The summed E-state index contributed by atoms with van der Waals surface area (Å²) in [5.41, 5.74) is -0.184. The standard InChI is InChI=1S/C22H23N3O5/c26-18(23-17-8-7-15-5-1-2-6-16(15)13-17)14-30-19(27)9-12-25-20(28)22(24-21(25)29)10-3-4-11-22/h1-2,5-8,13H,3-4,9-12,14H2,(H,23,26)(H,24,29). The number of hydrogen-bond acceptors (Lipinski definition) is 5. The summed E-state index contributed by atoms with van der Waals surface area (Å²) < 4.78 is 4.99. The zero-order chi connectivity index (χ0) is 21.1. The summed E-state index contributed by atoms with van der Waals surface area (Å²) in [6.07, 6.45) is 2.90. The van der Waals surface area contributed by atoms with E-state index in [0.717, 1.165) is 28.5 Å². The average Bonchev–Trinajstić information content (AvgIpc) is 3.30. The number of ether oxygens (including phenoxy) is 1. The van der Waals surface area contributed by atoms with Crippen LogP contribution in [0.4, 0.5) is 10.5 Å². The number of nitrogens with one attached hydrogen (secondary N) is 2. The number of rotatable bonds is 6. The highest BCUT2D eigenvalue weighted by Crippen LogP contribution is 2.35. The summed E-state index contributed by atoms with van der Waals surface area (Å²) >= 11 is 0. The lowest BCUT2D eigenvalue weighted by Gasteiger charge is -2.19. The average molecular weight is 409 g/mol. The summed E-state index contributed by atoms with van der Waals surface area (Å²) in [5.74, 6) is -1.37. The summed E-state index contributed by atoms with van der Waals surface area (Å²) in [4.78, 5) is 49.8. The number of urea groups is 1. The van der Waals surface area contributed by atoms with Crippen molar-refractivity contribution in [2.24, 2.45) is 0 Å². The van der Waals surface area contributed by atoms with Crippen LogP contribution in [-0.2, 0) is 19.1 Å². The monoisotopic (exact) mass is 409 g/mol. The number of fused-ring (bicyclic) bond motifs is 1. The molecule has 1 heterocycles. The van der Waals surface area contributed by atoms with Gasteiger partial charge in [0, 0.05) is 12.2 Å². The highest BCUT2D eigenvalue weighted by Gasteiger charge is 2.52. The predicted molar refractivity (Wildman–Crippen MR) is 110 cm³/mol. The molecule has 1 aliphatic carbocycles. The Kier molecular flexibility index (Phi) is 5.39. The maximum Gasteiger partial charge on any atom is 0.325 e. The number of carbonyl (C=O) groups is 4. The molecule has 0 bridgehead atoms. The zero-order valence-electron chi connectivity index (χ0n) is 16.5. The third kappa shape index (κ3) is 3.98. The van der Waals surface area contributed by atoms with Crippen LogP contribution >= 0.6 is 0 Å². The number of nitrogens with zero attached hydrogens (tertiary/aromatic N) is 1. The number of amides is 4. The van der Waals surface area contributed by atoms with Crippen LogP contribution < -0.4 is 10.6 Å². The van der Waals surface area contributed by atoms with E-state index in [1.807, 2.05) is 36.4 Å². The molecule has 2 aliphatic rings. The van der Waals surface area contributed by atoms with Crippen molar-refractivity contribution in [2.75, 3.05) is 18.5 Å². The van der Waals surface area contributed by atoms with Gasteiger partial charge in [-0.3, -0.25) is 19.3 Å². The van der Waals surface area contributed by atoms with Gasteiger partial charge >= 0.3 is 12.0 Å². The van der Waals surface area contributed by atoms with Crippen LogP contribution in [0.2, 0.25) is 0 Å². The Morgan fingerprint density at radius 1 is 1.07 bits per heavy atom. The van der Waals surface area contributed by atoms with E-state index in [1.54, 1.807) is 6.07 Å². The van der Waals surface area contributed by atoms with Crippen molar-refractivity contribution in [3.05, 3.63) is 42.5 Å². The van der Waals surface area contributed by atoms with Gasteiger partial charge in [-0.25, -0.2) is 4.79 Å². The largest absolute Gasteiger partial charge is 0.456 e. The minimum atomic E-state index is -0.791. The van der Waals surface area contributed by atoms with Gasteiger partial charge in [0.05, 0.1) is 6.42 Å². The molecule has 4 rings (SSSR count). The van der Waals surface area contributed by atoms with Gasteiger partial charge in [-0.1, -0.05) is 43.2 Å². The van der Waals surface area contributed by atoms with Crippen molar-refractivity contribution < 1.29 is 23.9 Å². The molecule has 2 aromatic carbocycles. The number of imide groups is 1. The second kappa shape index (κ2) is 8.14. The number of anilines is 1. The first-order chi connectivity index (χ1) is 14.5. The lowest BCUT2D eigenvalue weighted by atomic mass is 9.98. The smallest absolute Gasteiger partial charge is 0.325 e. The molecule has 8 nitrogen and oxygen atoms in total. The van der Waals surface area contributed by atoms with Gasteiger partial charge in [0.1, 0.15) is 5.54 Å². The van der Waals surface area contributed by atoms with Gasteiger partial charge < -0.3 is 15.4 Å². The fourth-order valence-corrected chi connectivity index (χ4v) is 4.08. The maximum absolute atomic E-state index is 12.5. The molecule has 4 amide bonds. The van der Waals surface area contributed by atoms with E-state index < -0.39 is 30.1 Å². The van der Waals surface area contributed by atoms with Crippen molar-refractivity contribution in [1.82, 2.24) is 10.2 Å². The Bertz CT molecular complexity index is 1010. The van der Waals surface area contributed by atoms with Crippen molar-refractivity contribution in [1.29, 1.82) is 0 Å². The Balaban J connectivity index is 1.24. The van der Waals surface area contributed by atoms with Gasteiger partial charge in [-0.05, 0) is 35.7 Å². The van der Waals surface area contributed by atoms with Crippen molar-refractivity contribution >= 4 is 40.3 Å². The van der Waals surface area contributed by atoms with Crippen LogP contribution in [0.25, 0.3) is 10.8 Å². The van der Waals surface area contributed by atoms with Crippen molar-refractivity contribution in [3.63, 3.8) is 0 Å². The van der Waals surface area contributed by atoms with Gasteiger partial charge in [-0.2, -0.15) is 0 Å². The van der Waals surface area contributed by atoms with Gasteiger partial charge in [0.2, 0.25) is 0 Å². The molecule has 0 atom stereocenters. The summed E-state index contributed by atoms with van der Waals surface area (Å²) in [7, 11) is 0. The third-order valence-electron chi connectivity index (χ3n) is 5.64. The van der Waals surface area contributed by atoms with E-state index >= 15 is 0 Å². The maximum atomic E-state index is 12.5. The Labute approximate surface area is 173 Å². The molecule has 2 N–H and O–H groups in total. The summed E-state index contributed by atoms with van der Waals surface area (Å²) in [6, 6.07) is 12.8. The molecule has 0 radical (unpaired) electrons. The Morgan fingerprint density at radius 2 is 1.80 bits per heavy atom. The minimum Gasteiger partial charge on any atom is -0.456 e. The fraction of sp³-hybridized carbons (Fsp3) is 0.364. The second-order valence-corrected chi connectivity index (χ2v) is 7.70. The van der Waals surface area contributed by atoms with E-state index in [9.17, 15) is 19.2 Å². The van der Waals surface area contributed by atoms with E-state index in [2.05, 4.69) is 10.6 Å². The summed E-state index contributed by atoms with van der Waals surface area (Å²) in [6.45, 7) is -0.493. The van der Waals surface area contributed by atoms with Crippen LogP contribution in [0, 0.1) is 0 Å². The molecular weight excluding hydrogens is 386 g/mol. The number of esters is 1. The lowest BCUT2D eigenvalue weighted by molar-refractivity contribution is -0.147. The van der Waals surface area contributed by atoms with Crippen LogP contribution in [0.1, 0.15) is 32.1 Å². The Morgan fingerprint density at radius 3 is 2.57 bits per heavy atom. The first kappa shape index (κ1) is 19.9. The van der Waals surface area contributed by atoms with E-state index in [4.69, 9.17) is 4.74 Å². The SMILES string of the molecule is O=C(COC(=O)CCN1C(=O)NC2(CCCC2)C1=O)Nc1ccc2ccccc2c1. The van der Waals surface area contributed by atoms with Crippen LogP contribution in [0.3, 0.4) is 0 Å². The summed E-state index contributed by atoms with van der Waals surface area (Å²) in [5, 5.41) is 7.50. The van der Waals surface area contributed by atoms with E-state index in [1.165, 1.54) is 0 Å². The predicted octanol–water partition coefficient (Wildman–Crippen LogP) is 2.58. The first-order valence-corrected chi connectivity index (χ1v) is 10.1. The molecule has 1 saturated carbocycles. The highest BCUT2D eigenvalue weighted by atomic mass is 16.5. The minimum absolute atomic E-state index is 0.0580. The topological polar surface area (TPSA) is 105 Å².